The molecule has 18 heavy (non-hydrogen) atoms. The van der Waals surface area contributed by atoms with Gasteiger partial charge in [-0.05, 0) is 37.7 Å². The van der Waals surface area contributed by atoms with Crippen molar-refractivity contribution in [3.63, 3.8) is 0 Å². The molecule has 1 fully saturated rings. The van der Waals surface area contributed by atoms with Gasteiger partial charge in [0.1, 0.15) is 0 Å². The molecule has 1 saturated carbocycles. The van der Waals surface area contributed by atoms with Gasteiger partial charge in [0.05, 0.1) is 4.92 Å². The topological polar surface area (TPSA) is 69.2 Å². The summed E-state index contributed by atoms with van der Waals surface area (Å²) in [5, 5.41) is 10.9. The minimum Gasteiger partial charge on any atom is -0.327 e. The number of nitro groups is 1. The third kappa shape index (κ3) is 2.70. The maximum absolute atomic E-state index is 10.9. The average molecular weight is 248 g/mol. The molecular weight excluding hydrogens is 228 g/mol. The highest BCUT2D eigenvalue weighted by Crippen LogP contribution is 2.29. The zero-order valence-corrected chi connectivity index (χ0v) is 10.8. The van der Waals surface area contributed by atoms with Crippen LogP contribution in [-0.4, -0.2) is 11.0 Å². The van der Waals surface area contributed by atoms with Crippen LogP contribution in [0.15, 0.2) is 18.2 Å². The van der Waals surface area contributed by atoms with Crippen LogP contribution in [0.25, 0.3) is 0 Å². The van der Waals surface area contributed by atoms with Gasteiger partial charge in [0.15, 0.2) is 0 Å². The number of nitrogens with zero attached hydrogens (tertiary/aromatic N) is 1. The number of rotatable bonds is 4. The normalized spacial score (nSPS) is 17.9. The van der Waals surface area contributed by atoms with Gasteiger partial charge in [-0.1, -0.05) is 25.0 Å². The number of nitrogens with two attached hydrogens (primary N) is 1. The van der Waals surface area contributed by atoms with Crippen LogP contribution >= 0.6 is 0 Å². The molecule has 1 aliphatic rings. The molecular formula is C14H20N2O2. The van der Waals surface area contributed by atoms with E-state index in [1.165, 1.54) is 25.7 Å². The first-order valence-electron chi connectivity index (χ1n) is 6.58. The first-order chi connectivity index (χ1) is 8.59. The fourth-order valence-electron chi connectivity index (χ4n) is 2.89. The first kappa shape index (κ1) is 13.0. The van der Waals surface area contributed by atoms with Crippen LogP contribution in [0.3, 0.4) is 0 Å². The lowest BCUT2D eigenvalue weighted by Crippen LogP contribution is -2.30. The fraction of sp³-hybridized carbons (Fsp3) is 0.571. The molecule has 2 N–H and O–H groups in total. The molecule has 0 amide bonds. The molecule has 4 nitrogen and oxygen atoms in total. The van der Waals surface area contributed by atoms with Gasteiger partial charge < -0.3 is 5.73 Å². The van der Waals surface area contributed by atoms with Crippen LogP contribution in [0, 0.1) is 23.0 Å². The summed E-state index contributed by atoms with van der Waals surface area (Å²) in [6.07, 6.45) is 5.70. The highest BCUT2D eigenvalue weighted by Gasteiger charge is 2.23. The summed E-state index contributed by atoms with van der Waals surface area (Å²) >= 11 is 0. The maximum atomic E-state index is 10.9. The Morgan fingerprint density at radius 1 is 1.44 bits per heavy atom. The second kappa shape index (κ2) is 5.48. The molecule has 1 aromatic rings. The smallest absolute Gasteiger partial charge is 0.272 e. The van der Waals surface area contributed by atoms with Crippen LogP contribution in [0.2, 0.25) is 0 Å². The Morgan fingerprint density at radius 2 is 2.11 bits per heavy atom. The summed E-state index contributed by atoms with van der Waals surface area (Å²) in [6, 6.07) is 5.40. The molecule has 1 atom stereocenters. The molecule has 0 radical (unpaired) electrons. The maximum Gasteiger partial charge on any atom is 0.272 e. The molecule has 0 saturated heterocycles. The predicted octanol–water partition coefficient (Wildman–Crippen LogP) is 2.96. The third-order valence-electron chi connectivity index (χ3n) is 4.08. The van der Waals surface area contributed by atoms with Gasteiger partial charge in [-0.15, -0.1) is 0 Å². The Labute approximate surface area is 107 Å². The summed E-state index contributed by atoms with van der Waals surface area (Å²) in [7, 11) is 0. The number of nitro benzene ring substituents is 1. The zero-order valence-electron chi connectivity index (χ0n) is 10.8. The standard InChI is InChI=1S/C14H20N2O2/c1-10-12(7-4-8-14(10)16(17)18)9-13(15)11-5-2-3-6-11/h4,7-8,11,13H,2-3,5-6,9,15H2,1H3. The summed E-state index contributed by atoms with van der Waals surface area (Å²) in [6.45, 7) is 1.81. The van der Waals surface area contributed by atoms with E-state index in [9.17, 15) is 10.1 Å². The Morgan fingerprint density at radius 3 is 2.72 bits per heavy atom. The van der Waals surface area contributed by atoms with Crippen molar-refractivity contribution in [1.29, 1.82) is 0 Å². The van der Waals surface area contributed by atoms with Crippen molar-refractivity contribution in [3.8, 4) is 0 Å². The number of hydrogen-bond donors (Lipinski definition) is 1. The van der Waals surface area contributed by atoms with Crippen molar-refractivity contribution in [2.24, 2.45) is 11.7 Å². The summed E-state index contributed by atoms with van der Waals surface area (Å²) in [5.74, 6) is 0.587. The Hall–Kier alpha value is -1.42. The van der Waals surface area contributed by atoms with Crippen LogP contribution in [-0.2, 0) is 6.42 Å². The lowest BCUT2D eigenvalue weighted by Gasteiger charge is -2.19. The molecule has 0 spiro atoms. The Balaban J connectivity index is 2.13. The van der Waals surface area contributed by atoms with Crippen LogP contribution in [0.5, 0.6) is 0 Å². The van der Waals surface area contributed by atoms with Crippen molar-refractivity contribution in [2.45, 2.75) is 45.1 Å². The SMILES string of the molecule is Cc1c(CC(N)C2CCCC2)cccc1[N+](=O)[O-]. The van der Waals surface area contributed by atoms with Crippen molar-refractivity contribution < 1.29 is 4.92 Å². The van der Waals surface area contributed by atoms with E-state index >= 15 is 0 Å². The van der Waals surface area contributed by atoms with Gasteiger partial charge in [0, 0.05) is 17.7 Å². The molecule has 0 bridgehead atoms. The van der Waals surface area contributed by atoms with Gasteiger partial charge in [-0.25, -0.2) is 0 Å². The summed E-state index contributed by atoms with van der Waals surface area (Å²) < 4.78 is 0. The molecule has 1 aliphatic carbocycles. The zero-order chi connectivity index (χ0) is 13.1. The Bertz CT molecular complexity index is 439. The van der Waals surface area contributed by atoms with Crippen molar-refractivity contribution in [2.75, 3.05) is 0 Å². The van der Waals surface area contributed by atoms with E-state index in [0.29, 0.717) is 5.92 Å². The molecule has 0 aliphatic heterocycles. The molecule has 0 heterocycles. The van der Waals surface area contributed by atoms with Crippen LogP contribution in [0.4, 0.5) is 5.69 Å². The van der Waals surface area contributed by atoms with Gasteiger partial charge in [0.25, 0.3) is 5.69 Å². The van der Waals surface area contributed by atoms with Crippen LogP contribution < -0.4 is 5.73 Å². The number of benzene rings is 1. The second-order valence-corrected chi connectivity index (χ2v) is 5.23. The quantitative estimate of drug-likeness (QED) is 0.658. The van der Waals surface area contributed by atoms with Crippen molar-refractivity contribution >= 4 is 5.69 Å². The van der Waals surface area contributed by atoms with Crippen LogP contribution in [0.1, 0.15) is 36.8 Å². The summed E-state index contributed by atoms with van der Waals surface area (Å²) in [5.41, 5.74) is 8.21. The molecule has 1 aromatic carbocycles. The van der Waals surface area contributed by atoms with E-state index in [-0.39, 0.29) is 16.7 Å². The van der Waals surface area contributed by atoms with Crippen molar-refractivity contribution in [1.82, 2.24) is 0 Å². The molecule has 4 heteroatoms. The fourth-order valence-corrected chi connectivity index (χ4v) is 2.89. The van der Waals surface area contributed by atoms with Crippen molar-refractivity contribution in [3.05, 3.63) is 39.4 Å². The van der Waals surface area contributed by atoms with Gasteiger partial charge in [-0.3, -0.25) is 10.1 Å². The van der Waals surface area contributed by atoms with E-state index < -0.39 is 0 Å². The summed E-state index contributed by atoms with van der Waals surface area (Å²) in [4.78, 5) is 10.6. The van der Waals surface area contributed by atoms with E-state index in [2.05, 4.69) is 0 Å². The number of hydrogen-bond acceptors (Lipinski definition) is 3. The Kier molecular flexibility index (Phi) is 3.97. The third-order valence-corrected chi connectivity index (χ3v) is 4.08. The van der Waals surface area contributed by atoms with E-state index in [1.54, 1.807) is 12.1 Å². The highest BCUT2D eigenvalue weighted by molar-refractivity contribution is 5.44. The van der Waals surface area contributed by atoms with Gasteiger partial charge >= 0.3 is 0 Å². The lowest BCUT2D eigenvalue weighted by molar-refractivity contribution is -0.385. The minimum absolute atomic E-state index is 0.133. The minimum atomic E-state index is -0.320. The van der Waals surface area contributed by atoms with Gasteiger partial charge in [-0.2, -0.15) is 0 Å². The lowest BCUT2D eigenvalue weighted by atomic mass is 9.91. The van der Waals surface area contributed by atoms with E-state index in [4.69, 9.17) is 5.73 Å². The monoisotopic (exact) mass is 248 g/mol. The van der Waals surface area contributed by atoms with Gasteiger partial charge in [0.2, 0.25) is 0 Å². The predicted molar refractivity (Wildman–Crippen MR) is 71.5 cm³/mol. The average Bonchev–Trinajstić information content (AvgIpc) is 2.85. The van der Waals surface area contributed by atoms with E-state index in [0.717, 1.165) is 17.5 Å². The molecule has 1 unspecified atom stereocenters. The second-order valence-electron chi connectivity index (χ2n) is 5.23. The largest absolute Gasteiger partial charge is 0.327 e. The highest BCUT2D eigenvalue weighted by atomic mass is 16.6. The molecule has 2 rings (SSSR count). The molecule has 0 aromatic heterocycles. The van der Waals surface area contributed by atoms with E-state index in [1.807, 2.05) is 13.0 Å². The molecule has 98 valence electrons. The first-order valence-corrected chi connectivity index (χ1v) is 6.58.